The second-order valence-electron chi connectivity index (χ2n) is 4.55. The molecule has 0 saturated carbocycles. The molecule has 0 radical (unpaired) electrons. The molecule has 1 aromatic carbocycles. The van der Waals surface area contributed by atoms with Gasteiger partial charge >= 0.3 is 0 Å². The summed E-state index contributed by atoms with van der Waals surface area (Å²) < 4.78 is 1.13. The number of rotatable bonds is 3. The Balaban J connectivity index is 2.45. The summed E-state index contributed by atoms with van der Waals surface area (Å²) in [6.07, 6.45) is 1.15. The van der Waals surface area contributed by atoms with Crippen molar-refractivity contribution in [2.75, 3.05) is 0 Å². The maximum atomic E-state index is 11.8. The number of aryl methyl sites for hydroxylation is 2. The van der Waals surface area contributed by atoms with Crippen LogP contribution >= 0.6 is 0 Å². The van der Waals surface area contributed by atoms with E-state index in [4.69, 9.17) is 0 Å². The predicted molar refractivity (Wildman–Crippen MR) is 75.7 cm³/mol. The Morgan fingerprint density at radius 3 is 2.57 bits per heavy atom. The van der Waals surface area contributed by atoms with E-state index in [1.807, 2.05) is 0 Å². The van der Waals surface area contributed by atoms with Crippen LogP contribution in [-0.2, 0) is 0 Å². The minimum atomic E-state index is -0.597. The maximum absolute atomic E-state index is 11.8. The summed E-state index contributed by atoms with van der Waals surface area (Å²) >= 11 is 0. The predicted octanol–water partition coefficient (Wildman–Crippen LogP) is 1.33. The molecule has 0 bridgehead atoms. The largest absolute Gasteiger partial charge is 0.872 e. The molecule has 21 heavy (non-hydrogen) atoms. The van der Waals surface area contributed by atoms with Gasteiger partial charge in [-0.05, 0) is 31.0 Å². The van der Waals surface area contributed by atoms with Gasteiger partial charge in [-0.1, -0.05) is 11.8 Å². The lowest BCUT2D eigenvalue weighted by atomic mass is 10.2. The lowest BCUT2D eigenvalue weighted by Crippen LogP contribution is -2.18. The zero-order chi connectivity index (χ0) is 15.6. The number of hydrogen-bond donors (Lipinski definition) is 0. The number of pyridine rings is 1. The smallest absolute Gasteiger partial charge is 0.271 e. The fourth-order valence-corrected chi connectivity index (χ4v) is 1.88. The molecule has 1 heterocycles. The molecule has 0 aliphatic heterocycles. The van der Waals surface area contributed by atoms with Crippen LogP contribution in [0.25, 0.3) is 0 Å². The fraction of sp³-hybridized carbons (Fsp3) is 0.143. The van der Waals surface area contributed by atoms with E-state index >= 15 is 0 Å². The number of nitrogens with zero attached hydrogens (tertiary/aromatic N) is 3. The molecule has 7 heteroatoms. The van der Waals surface area contributed by atoms with Crippen LogP contribution in [0.1, 0.15) is 16.8 Å². The van der Waals surface area contributed by atoms with E-state index in [0.29, 0.717) is 5.69 Å². The third-order valence-electron chi connectivity index (χ3n) is 2.85. The molecule has 2 aromatic rings. The molecule has 0 aliphatic rings. The number of aromatic nitrogens is 1. The number of benzene rings is 1. The summed E-state index contributed by atoms with van der Waals surface area (Å²) in [5, 5.41) is 26.3. The standard InChI is InChI=1S/C14H13N3O4/c1-9-5-10(2)16(14(19)6-9)15-8-11-7-12(17(20)21)3-4-13(11)18/h3-8,18H,1-2H3/p-1. The fourth-order valence-electron chi connectivity index (χ4n) is 1.88. The van der Waals surface area contributed by atoms with Gasteiger partial charge in [0.25, 0.3) is 11.2 Å². The summed E-state index contributed by atoms with van der Waals surface area (Å²) in [5.41, 5.74) is 0.930. The molecule has 0 atom stereocenters. The molecule has 0 fully saturated rings. The van der Waals surface area contributed by atoms with Crippen LogP contribution in [0.4, 0.5) is 5.69 Å². The zero-order valence-electron chi connectivity index (χ0n) is 11.4. The molecule has 0 aliphatic carbocycles. The van der Waals surface area contributed by atoms with E-state index in [-0.39, 0.29) is 16.8 Å². The summed E-state index contributed by atoms with van der Waals surface area (Å²) in [4.78, 5) is 21.9. The van der Waals surface area contributed by atoms with Crippen molar-refractivity contribution >= 4 is 11.9 Å². The van der Waals surface area contributed by atoms with Crippen molar-refractivity contribution in [2.45, 2.75) is 13.8 Å². The first kappa shape index (κ1) is 14.4. The topological polar surface area (TPSA) is 101 Å². The molecular formula is C14H12N3O4-. The van der Waals surface area contributed by atoms with Crippen LogP contribution in [0.2, 0.25) is 0 Å². The minimum absolute atomic E-state index is 0.0519. The van der Waals surface area contributed by atoms with E-state index in [0.717, 1.165) is 34.7 Å². The van der Waals surface area contributed by atoms with Crippen molar-refractivity contribution in [3.8, 4) is 5.75 Å². The molecule has 0 amide bonds. The third kappa shape index (κ3) is 3.14. The van der Waals surface area contributed by atoms with E-state index in [9.17, 15) is 20.0 Å². The van der Waals surface area contributed by atoms with Gasteiger partial charge in [-0.15, -0.1) is 0 Å². The van der Waals surface area contributed by atoms with Gasteiger partial charge in [-0.3, -0.25) is 14.9 Å². The number of hydrogen-bond acceptors (Lipinski definition) is 5. The first-order valence-electron chi connectivity index (χ1n) is 6.08. The average Bonchev–Trinajstić information content (AvgIpc) is 2.39. The van der Waals surface area contributed by atoms with Gasteiger partial charge in [-0.2, -0.15) is 5.10 Å². The number of nitro groups is 1. The van der Waals surface area contributed by atoms with E-state index in [2.05, 4.69) is 5.10 Å². The lowest BCUT2D eigenvalue weighted by Gasteiger charge is -2.09. The Labute approximate surface area is 119 Å². The lowest BCUT2D eigenvalue weighted by molar-refractivity contribution is -0.385. The molecule has 108 valence electrons. The highest BCUT2D eigenvalue weighted by Crippen LogP contribution is 2.19. The van der Waals surface area contributed by atoms with Crippen LogP contribution in [0.5, 0.6) is 5.75 Å². The molecule has 0 N–H and O–H groups in total. The van der Waals surface area contributed by atoms with Crippen molar-refractivity contribution in [1.29, 1.82) is 0 Å². The molecular weight excluding hydrogens is 274 g/mol. The first-order valence-corrected chi connectivity index (χ1v) is 6.08. The van der Waals surface area contributed by atoms with Crippen molar-refractivity contribution in [3.05, 3.63) is 67.6 Å². The van der Waals surface area contributed by atoms with Crippen molar-refractivity contribution in [3.63, 3.8) is 0 Å². The number of non-ortho nitro benzene ring substituents is 1. The molecule has 1 aromatic heterocycles. The van der Waals surface area contributed by atoms with Crippen molar-refractivity contribution in [2.24, 2.45) is 5.10 Å². The van der Waals surface area contributed by atoms with Crippen LogP contribution in [0.3, 0.4) is 0 Å². The Morgan fingerprint density at radius 1 is 1.24 bits per heavy atom. The third-order valence-corrected chi connectivity index (χ3v) is 2.85. The highest BCUT2D eigenvalue weighted by Gasteiger charge is 2.06. The Bertz CT molecular complexity index is 793. The zero-order valence-corrected chi connectivity index (χ0v) is 11.4. The van der Waals surface area contributed by atoms with Crippen molar-refractivity contribution < 1.29 is 10.0 Å². The monoisotopic (exact) mass is 286 g/mol. The van der Waals surface area contributed by atoms with Gasteiger partial charge in [0.15, 0.2) is 0 Å². The van der Waals surface area contributed by atoms with Crippen LogP contribution in [0, 0.1) is 24.0 Å². The second-order valence-corrected chi connectivity index (χ2v) is 4.55. The summed E-state index contributed by atoms with van der Waals surface area (Å²) in [5.74, 6) is -0.401. The Morgan fingerprint density at radius 2 is 1.95 bits per heavy atom. The van der Waals surface area contributed by atoms with Crippen LogP contribution in [-0.4, -0.2) is 15.8 Å². The van der Waals surface area contributed by atoms with Crippen LogP contribution in [0.15, 0.2) is 40.2 Å². The summed E-state index contributed by atoms with van der Waals surface area (Å²) in [6, 6.07) is 6.54. The van der Waals surface area contributed by atoms with Gasteiger partial charge in [-0.25, -0.2) is 4.68 Å². The summed E-state index contributed by atoms with van der Waals surface area (Å²) in [6.45, 7) is 3.50. The highest BCUT2D eigenvalue weighted by molar-refractivity contribution is 5.84. The van der Waals surface area contributed by atoms with Gasteiger partial charge < -0.3 is 5.11 Å². The van der Waals surface area contributed by atoms with Gasteiger partial charge in [0, 0.05) is 23.9 Å². The average molecular weight is 286 g/mol. The highest BCUT2D eigenvalue weighted by atomic mass is 16.6. The van der Waals surface area contributed by atoms with E-state index in [1.54, 1.807) is 19.9 Å². The van der Waals surface area contributed by atoms with Gasteiger partial charge in [0.05, 0.1) is 11.1 Å². The maximum Gasteiger partial charge on any atom is 0.271 e. The van der Waals surface area contributed by atoms with Gasteiger partial charge in [0.2, 0.25) is 0 Å². The SMILES string of the molecule is Cc1cc(C)n(N=Cc2cc([N+](=O)[O-])ccc2[O-])c(=O)c1. The first-order chi connectivity index (χ1) is 9.88. The number of nitro benzene ring substituents is 1. The Kier molecular flexibility index (Phi) is 3.84. The minimum Gasteiger partial charge on any atom is -0.872 e. The van der Waals surface area contributed by atoms with E-state index in [1.165, 1.54) is 6.07 Å². The van der Waals surface area contributed by atoms with Crippen LogP contribution < -0.4 is 10.7 Å². The summed E-state index contributed by atoms with van der Waals surface area (Å²) in [7, 11) is 0. The second kappa shape index (κ2) is 5.58. The molecule has 7 nitrogen and oxygen atoms in total. The molecule has 2 rings (SSSR count). The molecule has 0 saturated heterocycles. The van der Waals surface area contributed by atoms with Crippen molar-refractivity contribution in [1.82, 2.24) is 4.68 Å². The quantitative estimate of drug-likeness (QED) is 0.482. The normalized spacial score (nSPS) is 11.0. The molecule has 0 spiro atoms. The van der Waals surface area contributed by atoms with Gasteiger partial charge in [0.1, 0.15) is 0 Å². The van der Waals surface area contributed by atoms with E-state index < -0.39 is 10.7 Å². The molecule has 0 unspecified atom stereocenters. The Hall–Kier alpha value is -2.96.